The Morgan fingerprint density at radius 1 is 0.957 bits per heavy atom. The summed E-state index contributed by atoms with van der Waals surface area (Å²) >= 11 is 0. The van der Waals surface area contributed by atoms with Crippen LogP contribution >= 0.6 is 0 Å². The monoisotopic (exact) mass is 307 g/mol. The topological polar surface area (TPSA) is 46.2 Å². The maximum absolute atomic E-state index is 13.0. The second kappa shape index (κ2) is 6.37. The summed E-state index contributed by atoms with van der Waals surface area (Å²) in [6, 6.07) is 17.2. The molecule has 1 saturated carbocycles. The van der Waals surface area contributed by atoms with Crippen LogP contribution in [0.5, 0.6) is 0 Å². The van der Waals surface area contributed by atoms with Crippen molar-refractivity contribution in [3.05, 3.63) is 65.7 Å². The fourth-order valence-corrected chi connectivity index (χ4v) is 3.45. The molecule has 0 unspecified atom stereocenters. The molecule has 3 heteroatoms. The Morgan fingerprint density at radius 3 is 2.30 bits per heavy atom. The van der Waals surface area contributed by atoms with Crippen LogP contribution in [-0.4, -0.2) is 11.7 Å². The normalized spacial score (nSPS) is 16.0. The van der Waals surface area contributed by atoms with Gasteiger partial charge in [0, 0.05) is 11.3 Å². The van der Waals surface area contributed by atoms with Crippen molar-refractivity contribution in [3.8, 4) is 0 Å². The average Bonchev–Trinajstić information content (AvgIpc) is 3.07. The number of hydrogen-bond acceptors (Lipinski definition) is 2. The van der Waals surface area contributed by atoms with Crippen LogP contribution in [0.25, 0.3) is 0 Å². The summed E-state index contributed by atoms with van der Waals surface area (Å²) in [5.41, 5.74) is 1.93. The smallest absolute Gasteiger partial charge is 0.235 e. The van der Waals surface area contributed by atoms with Gasteiger partial charge in [-0.1, -0.05) is 55.3 Å². The molecule has 0 heterocycles. The molecule has 3 rings (SSSR count). The third kappa shape index (κ3) is 3.04. The molecule has 1 fully saturated rings. The Labute approximate surface area is 136 Å². The van der Waals surface area contributed by atoms with E-state index >= 15 is 0 Å². The molecule has 0 bridgehead atoms. The highest BCUT2D eigenvalue weighted by Gasteiger charge is 2.42. The summed E-state index contributed by atoms with van der Waals surface area (Å²) in [7, 11) is 0. The number of anilines is 1. The van der Waals surface area contributed by atoms with E-state index in [1.165, 1.54) is 6.92 Å². The Kier molecular flexibility index (Phi) is 4.28. The third-order valence-corrected chi connectivity index (χ3v) is 4.75. The van der Waals surface area contributed by atoms with E-state index in [1.54, 1.807) is 18.2 Å². The molecule has 118 valence electrons. The molecule has 0 aliphatic heterocycles. The van der Waals surface area contributed by atoms with Gasteiger partial charge in [0.05, 0.1) is 5.41 Å². The molecule has 0 saturated heterocycles. The second-order valence-electron chi connectivity index (χ2n) is 6.25. The van der Waals surface area contributed by atoms with E-state index in [2.05, 4.69) is 5.32 Å². The lowest BCUT2D eigenvalue weighted by molar-refractivity contribution is -0.121. The highest BCUT2D eigenvalue weighted by Crippen LogP contribution is 2.42. The predicted molar refractivity (Wildman–Crippen MR) is 91.7 cm³/mol. The number of rotatable bonds is 4. The van der Waals surface area contributed by atoms with Crippen molar-refractivity contribution in [2.45, 2.75) is 38.0 Å². The lowest BCUT2D eigenvalue weighted by Crippen LogP contribution is -2.38. The summed E-state index contributed by atoms with van der Waals surface area (Å²) in [4.78, 5) is 24.5. The Balaban J connectivity index is 1.88. The first-order valence-corrected chi connectivity index (χ1v) is 8.10. The van der Waals surface area contributed by atoms with Crippen LogP contribution in [0.3, 0.4) is 0 Å². The van der Waals surface area contributed by atoms with Crippen molar-refractivity contribution in [2.75, 3.05) is 5.32 Å². The lowest BCUT2D eigenvalue weighted by atomic mass is 9.78. The molecular weight excluding hydrogens is 286 g/mol. The van der Waals surface area contributed by atoms with Crippen LogP contribution in [0.2, 0.25) is 0 Å². The first-order chi connectivity index (χ1) is 11.1. The first-order valence-electron chi connectivity index (χ1n) is 8.10. The highest BCUT2D eigenvalue weighted by atomic mass is 16.2. The molecule has 1 aliphatic carbocycles. The Morgan fingerprint density at radius 2 is 1.65 bits per heavy atom. The summed E-state index contributed by atoms with van der Waals surface area (Å²) in [6.07, 6.45) is 3.87. The molecule has 1 N–H and O–H groups in total. The van der Waals surface area contributed by atoms with Crippen LogP contribution in [0, 0.1) is 0 Å². The van der Waals surface area contributed by atoms with Crippen LogP contribution in [0.15, 0.2) is 54.6 Å². The SMILES string of the molecule is CC(=O)c1cccc(NC(=O)C2(c3ccccc3)CCCC2)c1. The van der Waals surface area contributed by atoms with Gasteiger partial charge in [-0.15, -0.1) is 0 Å². The number of carbonyl (C=O) groups is 2. The summed E-state index contributed by atoms with van der Waals surface area (Å²) < 4.78 is 0. The minimum Gasteiger partial charge on any atom is -0.325 e. The van der Waals surface area contributed by atoms with E-state index in [4.69, 9.17) is 0 Å². The Hall–Kier alpha value is -2.42. The van der Waals surface area contributed by atoms with E-state index in [9.17, 15) is 9.59 Å². The number of amides is 1. The highest BCUT2D eigenvalue weighted by molar-refractivity contribution is 6.01. The minimum absolute atomic E-state index is 0.000243. The zero-order valence-electron chi connectivity index (χ0n) is 13.3. The summed E-state index contributed by atoms with van der Waals surface area (Å²) in [5, 5.41) is 3.03. The molecule has 3 nitrogen and oxygen atoms in total. The van der Waals surface area contributed by atoms with Gasteiger partial charge in [0.15, 0.2) is 5.78 Å². The lowest BCUT2D eigenvalue weighted by Gasteiger charge is -2.28. The quantitative estimate of drug-likeness (QED) is 0.854. The molecule has 0 spiro atoms. The van der Waals surface area contributed by atoms with Gasteiger partial charge < -0.3 is 5.32 Å². The van der Waals surface area contributed by atoms with E-state index in [0.717, 1.165) is 31.2 Å². The standard InChI is InChI=1S/C20H21NO2/c1-15(22)16-8-7-11-18(14-16)21-19(23)20(12-5-6-13-20)17-9-3-2-4-10-17/h2-4,7-11,14H,5-6,12-13H2,1H3,(H,21,23). The predicted octanol–water partition coefficient (Wildman–Crippen LogP) is 4.34. The van der Waals surface area contributed by atoms with Gasteiger partial charge in [0.1, 0.15) is 0 Å². The molecular formula is C20H21NO2. The van der Waals surface area contributed by atoms with E-state index in [0.29, 0.717) is 11.3 Å². The molecule has 2 aromatic carbocycles. The molecule has 1 amide bonds. The number of hydrogen-bond donors (Lipinski definition) is 1. The summed E-state index contributed by atoms with van der Waals surface area (Å²) in [6.45, 7) is 1.53. The van der Waals surface area contributed by atoms with Gasteiger partial charge in [-0.25, -0.2) is 0 Å². The zero-order chi connectivity index (χ0) is 16.3. The van der Waals surface area contributed by atoms with Crippen LogP contribution < -0.4 is 5.32 Å². The maximum atomic E-state index is 13.0. The molecule has 1 aliphatic rings. The van der Waals surface area contributed by atoms with Crippen molar-refractivity contribution in [1.29, 1.82) is 0 Å². The van der Waals surface area contributed by atoms with Crippen molar-refractivity contribution >= 4 is 17.4 Å². The maximum Gasteiger partial charge on any atom is 0.235 e. The largest absolute Gasteiger partial charge is 0.325 e. The van der Waals surface area contributed by atoms with Crippen molar-refractivity contribution in [3.63, 3.8) is 0 Å². The van der Waals surface area contributed by atoms with Crippen molar-refractivity contribution < 1.29 is 9.59 Å². The van der Waals surface area contributed by atoms with Gasteiger partial charge in [0.2, 0.25) is 5.91 Å². The van der Waals surface area contributed by atoms with Crippen LogP contribution in [0.1, 0.15) is 48.5 Å². The molecule has 0 aromatic heterocycles. The van der Waals surface area contributed by atoms with Gasteiger partial charge in [0.25, 0.3) is 0 Å². The van der Waals surface area contributed by atoms with Gasteiger partial charge in [-0.2, -0.15) is 0 Å². The number of Topliss-reactive ketones (excluding diaryl/α,β-unsaturated/α-hetero) is 1. The fourth-order valence-electron chi connectivity index (χ4n) is 3.45. The van der Waals surface area contributed by atoms with E-state index in [-0.39, 0.29) is 11.7 Å². The minimum atomic E-state index is -0.451. The summed E-state index contributed by atoms with van der Waals surface area (Å²) in [5.74, 6) is 0.0293. The number of nitrogens with one attached hydrogen (secondary N) is 1. The fraction of sp³-hybridized carbons (Fsp3) is 0.300. The zero-order valence-corrected chi connectivity index (χ0v) is 13.3. The molecule has 0 radical (unpaired) electrons. The number of benzene rings is 2. The van der Waals surface area contributed by atoms with Gasteiger partial charge >= 0.3 is 0 Å². The van der Waals surface area contributed by atoms with Crippen molar-refractivity contribution in [1.82, 2.24) is 0 Å². The number of ketones is 1. The molecule has 0 atom stereocenters. The van der Waals surface area contributed by atoms with Crippen LogP contribution in [0.4, 0.5) is 5.69 Å². The van der Waals surface area contributed by atoms with Crippen LogP contribution in [-0.2, 0) is 10.2 Å². The Bertz CT molecular complexity index is 715. The average molecular weight is 307 g/mol. The van der Waals surface area contributed by atoms with Gasteiger partial charge in [-0.05, 0) is 37.5 Å². The molecule has 2 aromatic rings. The van der Waals surface area contributed by atoms with Gasteiger partial charge in [-0.3, -0.25) is 9.59 Å². The van der Waals surface area contributed by atoms with E-state index < -0.39 is 5.41 Å². The second-order valence-corrected chi connectivity index (χ2v) is 6.25. The number of carbonyl (C=O) groups excluding carboxylic acids is 2. The first kappa shape index (κ1) is 15.5. The van der Waals surface area contributed by atoms with E-state index in [1.807, 2.05) is 36.4 Å². The third-order valence-electron chi connectivity index (χ3n) is 4.75. The van der Waals surface area contributed by atoms with Crippen molar-refractivity contribution in [2.24, 2.45) is 0 Å². The molecule has 23 heavy (non-hydrogen) atoms.